The van der Waals surface area contributed by atoms with Gasteiger partial charge in [0.2, 0.25) is 0 Å². The lowest BCUT2D eigenvalue weighted by molar-refractivity contribution is -0.178. The van der Waals surface area contributed by atoms with E-state index in [1.54, 1.807) is 26.8 Å². The number of hydrogen-bond acceptors (Lipinski definition) is 8. The topological polar surface area (TPSA) is 145 Å². The summed E-state index contributed by atoms with van der Waals surface area (Å²) in [5.41, 5.74) is -4.22. The van der Waals surface area contributed by atoms with Crippen LogP contribution >= 0.6 is 0 Å². The Kier molecular flexibility index (Phi) is 7.07. The molecule has 8 heteroatoms. The first kappa shape index (κ1) is 28.7. The van der Waals surface area contributed by atoms with Crippen molar-refractivity contribution in [1.82, 2.24) is 0 Å². The van der Waals surface area contributed by atoms with Crippen LogP contribution < -0.4 is 0 Å². The zero-order valence-electron chi connectivity index (χ0n) is 23.2. The third-order valence-electron chi connectivity index (χ3n) is 10.9. The van der Waals surface area contributed by atoms with Crippen LogP contribution in [0.15, 0.2) is 11.6 Å². The number of ether oxygens (including phenoxy) is 1. The van der Waals surface area contributed by atoms with Crippen LogP contribution in [0.4, 0.5) is 0 Å². The number of fused-ring (bicyclic) bond motifs is 5. The fraction of sp³-hybridized carbons (Fsp3) is 0.862. The first-order valence-electron chi connectivity index (χ1n) is 13.8. The number of hydrogen-bond donors (Lipinski definition) is 5. The van der Waals surface area contributed by atoms with Crippen LogP contribution in [0.3, 0.4) is 0 Å². The van der Waals surface area contributed by atoms with E-state index in [1.807, 2.05) is 13.8 Å². The van der Waals surface area contributed by atoms with Crippen molar-refractivity contribution in [2.75, 3.05) is 0 Å². The summed E-state index contributed by atoms with van der Waals surface area (Å²) in [7, 11) is 0. The Balaban J connectivity index is 1.60. The fourth-order valence-electron chi connectivity index (χ4n) is 8.76. The molecule has 8 nitrogen and oxygen atoms in total. The first-order valence-corrected chi connectivity index (χ1v) is 13.8. The van der Waals surface area contributed by atoms with Gasteiger partial charge in [-0.15, -0.1) is 0 Å². The van der Waals surface area contributed by atoms with E-state index in [2.05, 4.69) is 0 Å². The predicted molar refractivity (Wildman–Crippen MR) is 136 cm³/mol. The minimum Gasteiger partial charge on any atom is -0.460 e. The molecular formula is C29H46O8. The molecular weight excluding hydrogens is 476 g/mol. The molecule has 10 atom stereocenters. The van der Waals surface area contributed by atoms with Gasteiger partial charge >= 0.3 is 5.97 Å². The molecule has 3 fully saturated rings. The summed E-state index contributed by atoms with van der Waals surface area (Å²) >= 11 is 0. The average Bonchev–Trinajstić information content (AvgIpc) is 3.05. The van der Waals surface area contributed by atoms with E-state index < -0.39 is 63.8 Å². The molecule has 0 radical (unpaired) electrons. The van der Waals surface area contributed by atoms with Gasteiger partial charge in [0.25, 0.3) is 0 Å². The van der Waals surface area contributed by atoms with Crippen LogP contribution in [0.5, 0.6) is 0 Å². The standard InChI is InChI=1S/C29H46O8/c1-16(30)37-25(2,3)10-9-24(34)28(6,35)23-8-12-29(36)18-13-20(31)19-14-21(32)22(33)15-26(19,4)17(18)7-11-27(23,29)5/h13,17,19,21-24,32-36H,7-12,14-15H2,1-6H3/t17-,19+,21+,22+,23-,24-,26+,27+,28+,29+/m0/s1. The van der Waals surface area contributed by atoms with Crippen LogP contribution in [0.25, 0.3) is 0 Å². The van der Waals surface area contributed by atoms with E-state index in [9.17, 15) is 35.1 Å². The lowest BCUT2D eigenvalue weighted by atomic mass is 9.45. The van der Waals surface area contributed by atoms with Gasteiger partial charge in [-0.1, -0.05) is 13.8 Å². The molecule has 210 valence electrons. The van der Waals surface area contributed by atoms with Crippen LogP contribution in [-0.2, 0) is 14.3 Å². The highest BCUT2D eigenvalue weighted by Crippen LogP contribution is 2.68. The highest BCUT2D eigenvalue weighted by atomic mass is 16.6. The number of ketones is 1. The summed E-state index contributed by atoms with van der Waals surface area (Å²) in [5.74, 6) is -1.43. The maximum Gasteiger partial charge on any atom is 0.303 e. The maximum atomic E-state index is 13.3. The summed E-state index contributed by atoms with van der Waals surface area (Å²) in [6.45, 7) is 10.5. The number of rotatable bonds is 6. The highest BCUT2D eigenvalue weighted by molar-refractivity contribution is 5.95. The van der Waals surface area contributed by atoms with Crippen LogP contribution in [0.2, 0.25) is 0 Å². The van der Waals surface area contributed by atoms with Gasteiger partial charge < -0.3 is 30.3 Å². The van der Waals surface area contributed by atoms with Crippen LogP contribution in [0.1, 0.15) is 92.9 Å². The van der Waals surface area contributed by atoms with Crippen molar-refractivity contribution >= 4 is 11.8 Å². The molecule has 0 aromatic heterocycles. The quantitative estimate of drug-likeness (QED) is 0.335. The molecule has 0 amide bonds. The number of allylic oxidation sites excluding steroid dienone is 1. The molecule has 4 aliphatic carbocycles. The Hall–Kier alpha value is -1.32. The number of carbonyl (C=O) groups is 2. The van der Waals surface area contributed by atoms with Gasteiger partial charge in [0.05, 0.1) is 29.5 Å². The monoisotopic (exact) mass is 522 g/mol. The SMILES string of the molecule is CC(=O)OC(C)(C)CC[C@H](O)[C@](C)(O)[C@H]1CC[C@@]2(O)C3=CC(=O)[C@H]4C[C@@H](O)[C@H](O)C[C@]4(C)[C@H]3CC[C@]12C. The van der Waals surface area contributed by atoms with Crippen LogP contribution in [-0.4, -0.2) is 72.4 Å². The molecule has 3 saturated carbocycles. The van der Waals surface area contributed by atoms with Crippen molar-refractivity contribution < 1.29 is 39.9 Å². The second-order valence-electron chi connectivity index (χ2n) is 13.7. The second-order valence-corrected chi connectivity index (χ2v) is 13.7. The Labute approximate surface area is 220 Å². The summed E-state index contributed by atoms with van der Waals surface area (Å²) in [6, 6.07) is 0. The van der Waals surface area contributed by atoms with E-state index in [0.717, 1.165) is 0 Å². The Morgan fingerprint density at radius 2 is 1.78 bits per heavy atom. The van der Waals surface area contributed by atoms with Crippen molar-refractivity contribution in [1.29, 1.82) is 0 Å². The van der Waals surface area contributed by atoms with E-state index >= 15 is 0 Å². The lowest BCUT2D eigenvalue weighted by Gasteiger charge is -2.60. The molecule has 37 heavy (non-hydrogen) atoms. The largest absolute Gasteiger partial charge is 0.460 e. The average molecular weight is 523 g/mol. The van der Waals surface area contributed by atoms with Crippen LogP contribution in [0, 0.1) is 28.6 Å². The number of aliphatic hydroxyl groups is 5. The Morgan fingerprint density at radius 1 is 1.14 bits per heavy atom. The van der Waals surface area contributed by atoms with Gasteiger partial charge in [0.1, 0.15) is 5.60 Å². The van der Waals surface area contributed by atoms with E-state index in [-0.39, 0.29) is 24.5 Å². The van der Waals surface area contributed by atoms with Gasteiger partial charge in [0, 0.05) is 18.3 Å². The maximum absolute atomic E-state index is 13.3. The molecule has 0 aromatic carbocycles. The van der Waals surface area contributed by atoms with Gasteiger partial charge in [0.15, 0.2) is 5.78 Å². The fourth-order valence-corrected chi connectivity index (χ4v) is 8.76. The van der Waals surface area contributed by atoms with Crippen molar-refractivity contribution in [2.45, 2.75) is 128 Å². The van der Waals surface area contributed by atoms with Crippen molar-refractivity contribution in [3.8, 4) is 0 Å². The smallest absolute Gasteiger partial charge is 0.303 e. The zero-order valence-corrected chi connectivity index (χ0v) is 23.2. The molecule has 0 bridgehead atoms. The molecule has 0 heterocycles. The second kappa shape index (κ2) is 9.12. The molecule has 0 saturated heterocycles. The summed E-state index contributed by atoms with van der Waals surface area (Å²) < 4.78 is 5.34. The minimum absolute atomic E-state index is 0.103. The highest BCUT2D eigenvalue weighted by Gasteiger charge is 2.69. The summed E-state index contributed by atoms with van der Waals surface area (Å²) in [6.07, 6.45) is 1.94. The van der Waals surface area contributed by atoms with Gasteiger partial charge in [-0.05, 0) is 101 Å². The zero-order chi connectivity index (χ0) is 27.8. The van der Waals surface area contributed by atoms with Crippen molar-refractivity contribution in [2.24, 2.45) is 28.6 Å². The summed E-state index contributed by atoms with van der Waals surface area (Å²) in [5, 5.41) is 55.9. The van der Waals surface area contributed by atoms with E-state index in [0.29, 0.717) is 44.1 Å². The molecule has 5 N–H and O–H groups in total. The Bertz CT molecular complexity index is 971. The van der Waals surface area contributed by atoms with Gasteiger partial charge in [-0.2, -0.15) is 0 Å². The number of aliphatic hydroxyl groups excluding tert-OH is 3. The van der Waals surface area contributed by atoms with Crippen molar-refractivity contribution in [3.63, 3.8) is 0 Å². The lowest BCUT2D eigenvalue weighted by Crippen LogP contribution is -2.62. The molecule has 4 rings (SSSR count). The third kappa shape index (κ3) is 4.41. The minimum atomic E-state index is -1.50. The van der Waals surface area contributed by atoms with E-state index in [1.165, 1.54) is 6.92 Å². The molecule has 0 unspecified atom stereocenters. The molecule has 4 aliphatic rings. The Morgan fingerprint density at radius 3 is 2.41 bits per heavy atom. The number of carbonyl (C=O) groups excluding carboxylic acids is 2. The predicted octanol–water partition coefficient (Wildman–Crippen LogP) is 2.42. The molecule has 0 aromatic rings. The molecule has 0 aliphatic heterocycles. The normalized spacial score (nSPS) is 44.1. The first-order chi connectivity index (χ1) is 16.9. The van der Waals surface area contributed by atoms with Crippen molar-refractivity contribution in [3.05, 3.63) is 11.6 Å². The molecule has 0 spiro atoms. The van der Waals surface area contributed by atoms with Gasteiger partial charge in [-0.25, -0.2) is 0 Å². The van der Waals surface area contributed by atoms with Gasteiger partial charge in [-0.3, -0.25) is 9.59 Å². The third-order valence-corrected chi connectivity index (χ3v) is 10.9. The number of esters is 1. The van der Waals surface area contributed by atoms with E-state index in [4.69, 9.17) is 4.74 Å². The summed E-state index contributed by atoms with van der Waals surface area (Å²) in [4.78, 5) is 24.7.